The number of nitrogens with zero attached hydrogens (tertiary/aromatic N) is 5. The van der Waals surface area contributed by atoms with E-state index in [1.54, 1.807) is 23.0 Å². The van der Waals surface area contributed by atoms with E-state index >= 15 is 0 Å². The van der Waals surface area contributed by atoms with Crippen LogP contribution in [0, 0.1) is 0 Å². The molecule has 1 amide bonds. The molecule has 190 valence electrons. The van der Waals surface area contributed by atoms with E-state index in [1.807, 2.05) is 6.92 Å². The Morgan fingerprint density at radius 1 is 1.25 bits per heavy atom. The summed E-state index contributed by atoms with van der Waals surface area (Å²) >= 11 is 0. The van der Waals surface area contributed by atoms with Crippen molar-refractivity contribution >= 4 is 23.2 Å². The predicted molar refractivity (Wildman–Crippen MR) is 126 cm³/mol. The molecule has 1 aromatic carbocycles. The number of hydrogen-bond acceptors (Lipinski definition) is 8. The van der Waals surface area contributed by atoms with E-state index in [9.17, 15) is 18.0 Å². The number of ether oxygens (including phenoxy) is 1. The first kappa shape index (κ1) is 23.9. The van der Waals surface area contributed by atoms with Crippen LogP contribution in [0.1, 0.15) is 28.5 Å². The van der Waals surface area contributed by atoms with Crippen LogP contribution in [0.2, 0.25) is 0 Å². The van der Waals surface area contributed by atoms with Crippen molar-refractivity contribution in [3.05, 3.63) is 41.2 Å². The largest absolute Gasteiger partial charge is 0.573 e. The number of benzene rings is 1. The maximum atomic E-state index is 13.1. The summed E-state index contributed by atoms with van der Waals surface area (Å²) < 4.78 is 45.3. The minimum absolute atomic E-state index is 0.0844. The first-order chi connectivity index (χ1) is 17.2. The first-order valence-electron chi connectivity index (χ1n) is 11.6. The Hall–Kier alpha value is -3.87. The molecular weight excluding hydrogens is 477 g/mol. The zero-order valence-corrected chi connectivity index (χ0v) is 19.5. The summed E-state index contributed by atoms with van der Waals surface area (Å²) in [6, 6.07) is 4.49. The second-order valence-electron chi connectivity index (χ2n) is 8.51. The number of hydrogen-bond donors (Lipinski definition) is 3. The molecule has 1 fully saturated rings. The lowest BCUT2D eigenvalue weighted by molar-refractivity contribution is -0.274. The third kappa shape index (κ3) is 4.65. The van der Waals surface area contributed by atoms with Crippen molar-refractivity contribution in [2.24, 2.45) is 5.73 Å². The molecule has 1 aliphatic carbocycles. The lowest BCUT2D eigenvalue weighted by atomic mass is 9.93. The highest BCUT2D eigenvalue weighted by atomic mass is 19.4. The zero-order valence-electron chi connectivity index (χ0n) is 19.5. The Bertz CT molecular complexity index is 1300. The van der Waals surface area contributed by atoms with Crippen LogP contribution < -0.4 is 26.0 Å². The van der Waals surface area contributed by atoms with Crippen LogP contribution in [0.25, 0.3) is 11.4 Å². The summed E-state index contributed by atoms with van der Waals surface area (Å²) in [6.45, 7) is 5.37. The smallest absolute Gasteiger partial charge is 0.404 e. The van der Waals surface area contributed by atoms with Crippen LogP contribution in [-0.4, -0.2) is 58.2 Å². The van der Waals surface area contributed by atoms with Crippen LogP contribution in [0.5, 0.6) is 5.75 Å². The van der Waals surface area contributed by atoms with Gasteiger partial charge in [-0.25, -0.2) is 9.97 Å². The number of aryl methyl sites for hydroxylation is 2. The van der Waals surface area contributed by atoms with E-state index in [-0.39, 0.29) is 17.3 Å². The normalized spacial score (nSPS) is 15.3. The Balaban J connectivity index is 1.53. The molecular formula is C23H25F3N8O2. The van der Waals surface area contributed by atoms with Crippen molar-refractivity contribution in [1.82, 2.24) is 25.1 Å². The molecule has 3 heterocycles. The fraction of sp³-hybridized carbons (Fsp3) is 0.391. The lowest BCUT2D eigenvalue weighted by Crippen LogP contribution is -2.43. The molecule has 36 heavy (non-hydrogen) atoms. The van der Waals surface area contributed by atoms with Gasteiger partial charge in [-0.3, -0.25) is 9.48 Å². The highest BCUT2D eigenvalue weighted by Crippen LogP contribution is 2.37. The second kappa shape index (κ2) is 9.30. The van der Waals surface area contributed by atoms with Crippen molar-refractivity contribution in [1.29, 1.82) is 0 Å². The first-order valence-corrected chi connectivity index (χ1v) is 11.6. The predicted octanol–water partition coefficient (Wildman–Crippen LogP) is 2.61. The van der Waals surface area contributed by atoms with Gasteiger partial charge in [-0.2, -0.15) is 5.10 Å². The fourth-order valence-electron chi connectivity index (χ4n) is 4.61. The summed E-state index contributed by atoms with van der Waals surface area (Å²) in [7, 11) is 0. The van der Waals surface area contributed by atoms with E-state index in [0.29, 0.717) is 36.3 Å². The number of carbonyl (C=O) groups is 1. The van der Waals surface area contributed by atoms with Gasteiger partial charge in [0.2, 0.25) is 5.95 Å². The summed E-state index contributed by atoms with van der Waals surface area (Å²) in [5, 5.41) is 10.5. The Labute approximate surface area is 204 Å². The molecule has 1 aliphatic heterocycles. The number of fused-ring (bicyclic) bond motifs is 3. The van der Waals surface area contributed by atoms with E-state index in [2.05, 4.69) is 35.3 Å². The van der Waals surface area contributed by atoms with Gasteiger partial charge < -0.3 is 26.0 Å². The maximum absolute atomic E-state index is 13.1. The number of amides is 1. The van der Waals surface area contributed by atoms with Gasteiger partial charge in [0.05, 0.1) is 17.1 Å². The molecule has 1 saturated heterocycles. The fourth-order valence-corrected chi connectivity index (χ4v) is 4.61. The quantitative estimate of drug-likeness (QED) is 0.470. The number of nitrogens with two attached hydrogens (primary N) is 1. The molecule has 10 nitrogen and oxygen atoms in total. The number of aromatic nitrogens is 4. The van der Waals surface area contributed by atoms with Crippen molar-refractivity contribution in [3.63, 3.8) is 0 Å². The topological polar surface area (TPSA) is 123 Å². The van der Waals surface area contributed by atoms with Crippen molar-refractivity contribution in [3.8, 4) is 17.1 Å². The molecule has 0 unspecified atom stereocenters. The van der Waals surface area contributed by atoms with Crippen LogP contribution in [0.3, 0.4) is 0 Å². The number of carbonyl (C=O) groups excluding carboxylic acids is 1. The molecule has 3 aromatic rings. The van der Waals surface area contributed by atoms with Gasteiger partial charge in [-0.05, 0) is 43.5 Å². The second-order valence-corrected chi connectivity index (χ2v) is 8.51. The number of halogens is 3. The number of nitrogens with one attached hydrogen (secondary N) is 2. The number of anilines is 3. The van der Waals surface area contributed by atoms with E-state index in [4.69, 9.17) is 5.73 Å². The van der Waals surface area contributed by atoms with Gasteiger partial charge in [0.25, 0.3) is 5.91 Å². The summed E-state index contributed by atoms with van der Waals surface area (Å²) in [5.74, 6) is -0.915. The molecule has 0 atom stereocenters. The molecule has 0 bridgehead atoms. The average Bonchev–Trinajstić information content (AvgIpc) is 3.24. The van der Waals surface area contributed by atoms with E-state index in [1.165, 1.54) is 6.07 Å². The number of alkyl halides is 3. The van der Waals surface area contributed by atoms with Crippen molar-refractivity contribution in [2.75, 3.05) is 36.4 Å². The SMILES string of the molecule is CCn1nc(C(N)=O)c2c1-c1nc(Nc3cc(N4CCNCC4)ccc3OC(F)(F)F)ncc1CC2. The van der Waals surface area contributed by atoms with E-state index in [0.717, 1.165) is 37.4 Å². The van der Waals surface area contributed by atoms with Crippen molar-refractivity contribution in [2.45, 2.75) is 32.7 Å². The molecule has 0 radical (unpaired) electrons. The standard InChI is InChI=1S/C23H25F3N8O2/c1-2-34-20-15(19(32-34)21(27)35)5-3-13-12-29-22(31-18(13)20)30-16-11-14(33-9-7-28-8-10-33)4-6-17(16)36-23(24,25)26/h4,6,11-12,28H,2-3,5,7-10H2,1H3,(H2,27,35)(H,29,30,31). The monoisotopic (exact) mass is 502 g/mol. The van der Waals surface area contributed by atoms with Crippen LogP contribution in [0.4, 0.5) is 30.5 Å². The Kier molecular flexibility index (Phi) is 6.16. The Morgan fingerprint density at radius 2 is 2.03 bits per heavy atom. The average molecular weight is 503 g/mol. The number of primary amides is 1. The number of piperazine rings is 1. The van der Waals surface area contributed by atoms with Crippen LogP contribution >= 0.6 is 0 Å². The van der Waals surface area contributed by atoms with Gasteiger partial charge in [-0.1, -0.05) is 0 Å². The third-order valence-corrected chi connectivity index (χ3v) is 6.23. The highest BCUT2D eigenvalue weighted by Gasteiger charge is 2.33. The molecule has 5 rings (SSSR count). The van der Waals surface area contributed by atoms with Gasteiger partial charge in [0.15, 0.2) is 11.4 Å². The van der Waals surface area contributed by atoms with Gasteiger partial charge in [-0.15, -0.1) is 13.2 Å². The molecule has 2 aromatic heterocycles. The Morgan fingerprint density at radius 3 is 2.72 bits per heavy atom. The lowest BCUT2D eigenvalue weighted by Gasteiger charge is -2.30. The van der Waals surface area contributed by atoms with Gasteiger partial charge in [0.1, 0.15) is 0 Å². The summed E-state index contributed by atoms with van der Waals surface area (Å²) in [6.07, 6.45) is -2.08. The van der Waals surface area contributed by atoms with E-state index < -0.39 is 18.0 Å². The zero-order chi connectivity index (χ0) is 25.4. The molecule has 13 heteroatoms. The van der Waals surface area contributed by atoms with Crippen LogP contribution in [-0.2, 0) is 19.4 Å². The number of rotatable bonds is 6. The molecule has 2 aliphatic rings. The summed E-state index contributed by atoms with van der Waals surface area (Å²) in [5.41, 5.74) is 9.36. The third-order valence-electron chi connectivity index (χ3n) is 6.23. The van der Waals surface area contributed by atoms with Crippen molar-refractivity contribution < 1.29 is 22.7 Å². The maximum Gasteiger partial charge on any atom is 0.573 e. The minimum atomic E-state index is -4.86. The van der Waals surface area contributed by atoms with Crippen LogP contribution in [0.15, 0.2) is 24.4 Å². The molecule has 0 spiro atoms. The van der Waals surface area contributed by atoms with Gasteiger partial charge >= 0.3 is 6.36 Å². The van der Waals surface area contributed by atoms with Gasteiger partial charge in [0, 0.05) is 50.2 Å². The molecule has 0 saturated carbocycles. The molecule has 4 N–H and O–H groups in total. The summed E-state index contributed by atoms with van der Waals surface area (Å²) in [4.78, 5) is 22.9. The minimum Gasteiger partial charge on any atom is -0.404 e. The highest BCUT2D eigenvalue weighted by molar-refractivity contribution is 5.94.